The van der Waals surface area contributed by atoms with Crippen LogP contribution in [0.5, 0.6) is 0 Å². The molecule has 3 atom stereocenters. The number of anilines is 1. The molecule has 0 aromatic carbocycles. The van der Waals surface area contributed by atoms with Crippen molar-refractivity contribution in [2.45, 2.75) is 37.4 Å². The molecular weight excluding hydrogens is 272 g/mol. The molecule has 0 bridgehead atoms. The first-order valence-corrected chi connectivity index (χ1v) is 7.03. The van der Waals surface area contributed by atoms with Gasteiger partial charge in [-0.1, -0.05) is 0 Å². The summed E-state index contributed by atoms with van der Waals surface area (Å²) >= 11 is 0. The minimum Gasteiger partial charge on any atom is -0.465 e. The number of methoxy groups -OCH3 is 1. The van der Waals surface area contributed by atoms with Gasteiger partial charge in [0.2, 0.25) is 0 Å². The highest BCUT2D eigenvalue weighted by atomic mass is 16.5. The quantitative estimate of drug-likeness (QED) is 0.719. The molecule has 2 heterocycles. The highest BCUT2D eigenvalue weighted by Gasteiger charge is 2.37. The van der Waals surface area contributed by atoms with Crippen molar-refractivity contribution in [2.75, 3.05) is 12.4 Å². The van der Waals surface area contributed by atoms with Gasteiger partial charge >= 0.3 is 12.0 Å². The van der Waals surface area contributed by atoms with Crippen molar-refractivity contribution in [3.05, 3.63) is 23.9 Å². The van der Waals surface area contributed by atoms with Crippen LogP contribution in [0.4, 0.5) is 10.6 Å². The van der Waals surface area contributed by atoms with Gasteiger partial charge < -0.3 is 20.7 Å². The third kappa shape index (κ3) is 2.91. The predicted octanol–water partition coefficient (Wildman–Crippen LogP) is 0.883. The van der Waals surface area contributed by atoms with Crippen LogP contribution in [0.1, 0.15) is 29.6 Å². The number of carbonyl (C=O) groups is 2. The molecule has 3 rings (SSSR count). The highest BCUT2D eigenvalue weighted by molar-refractivity contribution is 5.89. The molecular formula is C14H18N4O3. The third-order valence-electron chi connectivity index (χ3n) is 4.02. The summed E-state index contributed by atoms with van der Waals surface area (Å²) in [7, 11) is 1.34. The first-order valence-electron chi connectivity index (χ1n) is 7.03. The molecule has 2 amide bonds. The molecule has 1 aromatic heterocycles. The second kappa shape index (κ2) is 5.59. The summed E-state index contributed by atoms with van der Waals surface area (Å²) in [6, 6.07) is 4.06. The molecule has 1 aromatic rings. The number of rotatable bonds is 3. The summed E-state index contributed by atoms with van der Waals surface area (Å²) in [4.78, 5) is 26.9. The summed E-state index contributed by atoms with van der Waals surface area (Å²) in [5.74, 6) is 0.331. The predicted molar refractivity (Wildman–Crippen MR) is 76.1 cm³/mol. The van der Waals surface area contributed by atoms with Crippen LogP contribution in [-0.2, 0) is 4.74 Å². The van der Waals surface area contributed by atoms with Crippen molar-refractivity contribution in [3.63, 3.8) is 0 Å². The van der Waals surface area contributed by atoms with E-state index in [2.05, 4.69) is 25.7 Å². The van der Waals surface area contributed by atoms with Crippen LogP contribution < -0.4 is 16.0 Å². The lowest BCUT2D eigenvalue weighted by atomic mass is 9.88. The molecule has 7 nitrogen and oxygen atoms in total. The number of urea groups is 1. The Labute approximate surface area is 122 Å². The molecule has 1 saturated carbocycles. The molecule has 0 spiro atoms. The Kier molecular flexibility index (Phi) is 3.64. The van der Waals surface area contributed by atoms with E-state index in [0.717, 1.165) is 25.1 Å². The minimum atomic E-state index is -0.394. The maximum Gasteiger partial charge on any atom is 0.339 e. The van der Waals surface area contributed by atoms with Gasteiger partial charge in [0.15, 0.2) is 0 Å². The summed E-state index contributed by atoms with van der Waals surface area (Å²) < 4.78 is 4.64. The van der Waals surface area contributed by atoms with Crippen LogP contribution in [0, 0.1) is 0 Å². The number of pyridine rings is 1. The zero-order chi connectivity index (χ0) is 14.8. The molecule has 0 radical (unpaired) electrons. The molecule has 3 unspecified atom stereocenters. The number of carbonyl (C=O) groups excluding carboxylic acids is 2. The van der Waals surface area contributed by atoms with Crippen molar-refractivity contribution in [1.29, 1.82) is 0 Å². The number of ether oxygens (including phenoxy) is 1. The lowest BCUT2D eigenvalue weighted by Crippen LogP contribution is -2.43. The lowest BCUT2D eigenvalue weighted by molar-refractivity contribution is 0.0600. The Hall–Kier alpha value is -2.31. The Morgan fingerprint density at radius 1 is 1.33 bits per heavy atom. The van der Waals surface area contributed by atoms with Crippen molar-refractivity contribution in [3.8, 4) is 0 Å². The first kappa shape index (κ1) is 13.7. The summed E-state index contributed by atoms with van der Waals surface area (Å²) in [5.41, 5.74) is 0.430. The van der Waals surface area contributed by atoms with Crippen LogP contribution in [-0.4, -0.2) is 42.2 Å². The first-order chi connectivity index (χ1) is 10.2. The Balaban J connectivity index is 1.59. The Bertz CT molecular complexity index is 546. The fourth-order valence-electron chi connectivity index (χ4n) is 2.94. The van der Waals surface area contributed by atoms with Crippen molar-refractivity contribution in [2.24, 2.45) is 0 Å². The van der Waals surface area contributed by atoms with E-state index in [4.69, 9.17) is 0 Å². The second-order valence-corrected chi connectivity index (χ2v) is 5.41. The summed E-state index contributed by atoms with van der Waals surface area (Å²) in [6.07, 6.45) is 4.29. The van der Waals surface area contributed by atoms with E-state index in [1.807, 2.05) is 0 Å². The van der Waals surface area contributed by atoms with Gasteiger partial charge in [0.05, 0.1) is 24.8 Å². The lowest BCUT2D eigenvalue weighted by Gasteiger charge is -2.31. The van der Waals surface area contributed by atoms with E-state index < -0.39 is 5.97 Å². The molecule has 1 aliphatic carbocycles. The second-order valence-electron chi connectivity index (χ2n) is 5.41. The van der Waals surface area contributed by atoms with Gasteiger partial charge in [-0.25, -0.2) is 14.6 Å². The average molecular weight is 290 g/mol. The summed E-state index contributed by atoms with van der Waals surface area (Å²) in [6.45, 7) is 0. The van der Waals surface area contributed by atoms with Gasteiger partial charge in [-0.05, 0) is 31.4 Å². The Morgan fingerprint density at radius 3 is 2.86 bits per heavy atom. The van der Waals surface area contributed by atoms with Crippen LogP contribution >= 0.6 is 0 Å². The molecule has 2 fully saturated rings. The van der Waals surface area contributed by atoms with Crippen molar-refractivity contribution < 1.29 is 14.3 Å². The normalized spacial score (nSPS) is 27.3. The average Bonchev–Trinajstić information content (AvgIpc) is 2.86. The fraction of sp³-hybridized carbons (Fsp3) is 0.500. The van der Waals surface area contributed by atoms with Crippen molar-refractivity contribution in [1.82, 2.24) is 15.6 Å². The highest BCUT2D eigenvalue weighted by Crippen LogP contribution is 2.24. The number of nitrogens with zero attached hydrogens (tertiary/aromatic N) is 1. The fourth-order valence-corrected chi connectivity index (χ4v) is 2.94. The standard InChI is InChI=1S/C14H18N4O3/c1-21-13(19)8-2-5-12(15-7-8)16-9-3-4-10-11(6-9)18-14(20)17-10/h2,5,7,9-11H,3-4,6H2,1H3,(H,15,16)(H2,17,18,20). The number of fused-ring (bicyclic) bond motifs is 1. The van der Waals surface area contributed by atoms with Gasteiger partial charge in [-0.15, -0.1) is 0 Å². The zero-order valence-electron chi connectivity index (χ0n) is 11.8. The maximum absolute atomic E-state index is 11.3. The molecule has 112 valence electrons. The summed E-state index contributed by atoms with van der Waals surface area (Å²) in [5, 5.41) is 9.20. The van der Waals surface area contributed by atoms with E-state index in [0.29, 0.717) is 5.56 Å². The van der Waals surface area contributed by atoms with Crippen molar-refractivity contribution >= 4 is 17.8 Å². The number of esters is 1. The monoisotopic (exact) mass is 290 g/mol. The van der Waals surface area contributed by atoms with E-state index >= 15 is 0 Å². The van der Waals surface area contributed by atoms with Gasteiger partial charge in [-0.3, -0.25) is 0 Å². The van der Waals surface area contributed by atoms with Crippen LogP contribution in [0.2, 0.25) is 0 Å². The number of hydrogen-bond acceptors (Lipinski definition) is 5. The molecule has 21 heavy (non-hydrogen) atoms. The largest absolute Gasteiger partial charge is 0.465 e. The molecule has 2 aliphatic rings. The van der Waals surface area contributed by atoms with Gasteiger partial charge in [0.25, 0.3) is 0 Å². The van der Waals surface area contributed by atoms with Crippen LogP contribution in [0.3, 0.4) is 0 Å². The number of aromatic nitrogens is 1. The molecule has 3 N–H and O–H groups in total. The SMILES string of the molecule is COC(=O)c1ccc(NC2CCC3NC(=O)NC3C2)nc1. The Morgan fingerprint density at radius 2 is 2.14 bits per heavy atom. The number of amides is 2. The van der Waals surface area contributed by atoms with Gasteiger partial charge in [-0.2, -0.15) is 0 Å². The van der Waals surface area contributed by atoms with Gasteiger partial charge in [0, 0.05) is 12.2 Å². The van der Waals surface area contributed by atoms with E-state index in [-0.39, 0.29) is 24.2 Å². The number of nitrogens with one attached hydrogen (secondary N) is 3. The maximum atomic E-state index is 11.3. The van der Waals surface area contributed by atoms with Crippen LogP contribution in [0.25, 0.3) is 0 Å². The molecule has 1 aliphatic heterocycles. The van der Waals surface area contributed by atoms with E-state index in [1.165, 1.54) is 13.3 Å². The van der Waals surface area contributed by atoms with Gasteiger partial charge in [0.1, 0.15) is 5.82 Å². The zero-order valence-corrected chi connectivity index (χ0v) is 11.8. The smallest absolute Gasteiger partial charge is 0.339 e. The van der Waals surface area contributed by atoms with E-state index in [1.54, 1.807) is 12.1 Å². The van der Waals surface area contributed by atoms with Crippen LogP contribution in [0.15, 0.2) is 18.3 Å². The molecule has 7 heteroatoms. The van der Waals surface area contributed by atoms with E-state index in [9.17, 15) is 9.59 Å². The topological polar surface area (TPSA) is 92.4 Å². The molecule has 1 saturated heterocycles. The minimum absolute atomic E-state index is 0.0776. The third-order valence-corrected chi connectivity index (χ3v) is 4.02. The number of hydrogen-bond donors (Lipinski definition) is 3.